The van der Waals surface area contributed by atoms with Crippen LogP contribution in [-0.4, -0.2) is 28.6 Å². The molecule has 1 aliphatic heterocycles. The second-order valence-corrected chi connectivity index (χ2v) is 11.8. The molecule has 1 atom stereocenters. The van der Waals surface area contributed by atoms with Gasteiger partial charge in [0.15, 0.2) is 11.5 Å². The van der Waals surface area contributed by atoms with Crippen LogP contribution < -0.4 is 19.5 Å². The zero-order valence-corrected chi connectivity index (χ0v) is 24.7. The molecule has 5 rings (SSSR count). The molecule has 0 spiro atoms. The minimum Gasteiger partial charge on any atom is -0.489 e. The van der Waals surface area contributed by atoms with E-state index in [1.807, 2.05) is 54.8 Å². The molecular formula is C33H37N3O4S. The van der Waals surface area contributed by atoms with Gasteiger partial charge in [-0.3, -0.25) is 9.69 Å². The van der Waals surface area contributed by atoms with Gasteiger partial charge < -0.3 is 19.5 Å². The van der Waals surface area contributed by atoms with Crippen LogP contribution in [0.1, 0.15) is 59.4 Å². The SMILES string of the molecule is CC(C)CC(C)NC(=O)c1csc(CN(Cc2ccc(OCc3ccccc3)cc2)Cc2ccc3c(c2)OCO3)n1. The first-order chi connectivity index (χ1) is 19.9. The van der Waals surface area contributed by atoms with Crippen molar-refractivity contribution in [2.75, 3.05) is 6.79 Å². The zero-order chi connectivity index (χ0) is 28.6. The van der Waals surface area contributed by atoms with Gasteiger partial charge in [-0.2, -0.15) is 0 Å². The Bertz CT molecular complexity index is 1420. The first-order valence-corrected chi connectivity index (χ1v) is 14.9. The number of nitrogens with zero attached hydrogens (tertiary/aromatic N) is 2. The van der Waals surface area contributed by atoms with E-state index in [1.165, 1.54) is 11.3 Å². The van der Waals surface area contributed by atoms with Crippen molar-refractivity contribution in [2.24, 2.45) is 5.92 Å². The Labute approximate surface area is 246 Å². The molecule has 0 saturated carbocycles. The van der Waals surface area contributed by atoms with Gasteiger partial charge in [0, 0.05) is 24.5 Å². The standard InChI is InChI=1S/C33H37N3O4S/c1-23(2)15-24(3)34-33(37)29-21-41-32(35-29)19-36(18-27-11-14-30-31(16-27)40-22-39-30)17-25-9-12-28(13-10-25)38-20-26-7-5-4-6-8-26/h4-14,16,21,23-24H,15,17-20,22H2,1-3H3,(H,34,37). The van der Waals surface area contributed by atoms with Gasteiger partial charge in [0.1, 0.15) is 23.1 Å². The number of thiazole rings is 1. The Hall–Kier alpha value is -3.88. The van der Waals surface area contributed by atoms with Crippen LogP contribution in [0.4, 0.5) is 0 Å². The second-order valence-electron chi connectivity index (χ2n) is 10.9. The Balaban J connectivity index is 1.26. The number of carbonyl (C=O) groups is 1. The third kappa shape index (κ3) is 8.31. The number of benzene rings is 3. The lowest BCUT2D eigenvalue weighted by Gasteiger charge is -2.22. The molecule has 0 fully saturated rings. The third-order valence-electron chi connectivity index (χ3n) is 6.77. The number of ether oxygens (including phenoxy) is 3. The first kappa shape index (κ1) is 28.6. The van der Waals surface area contributed by atoms with Crippen molar-refractivity contribution in [3.63, 3.8) is 0 Å². The molecule has 3 aromatic carbocycles. The average Bonchev–Trinajstić information content (AvgIpc) is 3.62. The quantitative estimate of drug-likeness (QED) is 0.190. The van der Waals surface area contributed by atoms with E-state index < -0.39 is 0 Å². The number of fused-ring (bicyclic) bond motifs is 1. The third-order valence-corrected chi connectivity index (χ3v) is 7.60. The topological polar surface area (TPSA) is 72.9 Å². The Morgan fingerprint density at radius 2 is 1.66 bits per heavy atom. The van der Waals surface area contributed by atoms with Crippen LogP contribution in [0.25, 0.3) is 0 Å². The zero-order valence-electron chi connectivity index (χ0n) is 23.8. The Morgan fingerprint density at radius 3 is 2.44 bits per heavy atom. The largest absolute Gasteiger partial charge is 0.489 e. The summed E-state index contributed by atoms with van der Waals surface area (Å²) in [6.07, 6.45) is 0.933. The number of rotatable bonds is 13. The van der Waals surface area contributed by atoms with Gasteiger partial charge in [-0.25, -0.2) is 4.98 Å². The molecule has 1 unspecified atom stereocenters. The fourth-order valence-electron chi connectivity index (χ4n) is 4.90. The average molecular weight is 572 g/mol. The fourth-order valence-corrected chi connectivity index (χ4v) is 5.71. The van der Waals surface area contributed by atoms with E-state index >= 15 is 0 Å². The van der Waals surface area contributed by atoms with E-state index in [4.69, 9.17) is 19.2 Å². The molecule has 8 heteroatoms. The summed E-state index contributed by atoms with van der Waals surface area (Å²) in [5.41, 5.74) is 3.89. The number of carbonyl (C=O) groups excluding carboxylic acids is 1. The van der Waals surface area contributed by atoms with Crippen LogP contribution in [0.3, 0.4) is 0 Å². The number of nitrogens with one attached hydrogen (secondary N) is 1. The summed E-state index contributed by atoms with van der Waals surface area (Å²) in [5.74, 6) is 2.78. The van der Waals surface area contributed by atoms with Crippen molar-refractivity contribution < 1.29 is 19.0 Å². The molecule has 0 saturated heterocycles. The summed E-state index contributed by atoms with van der Waals surface area (Å²) >= 11 is 1.52. The van der Waals surface area contributed by atoms with Crippen LogP contribution >= 0.6 is 11.3 Å². The molecular weight excluding hydrogens is 534 g/mol. The molecule has 214 valence electrons. The highest BCUT2D eigenvalue weighted by atomic mass is 32.1. The lowest BCUT2D eigenvalue weighted by atomic mass is 10.1. The molecule has 0 bridgehead atoms. The lowest BCUT2D eigenvalue weighted by molar-refractivity contribution is 0.0931. The van der Waals surface area contributed by atoms with Gasteiger partial charge in [0.25, 0.3) is 5.91 Å². The van der Waals surface area contributed by atoms with Crippen molar-refractivity contribution in [1.29, 1.82) is 0 Å². The molecule has 1 N–H and O–H groups in total. The van der Waals surface area contributed by atoms with Gasteiger partial charge in [-0.05, 0) is 60.2 Å². The summed E-state index contributed by atoms with van der Waals surface area (Å²) in [6, 6.07) is 24.5. The molecule has 1 aliphatic rings. The minimum absolute atomic E-state index is 0.106. The number of hydrogen-bond donors (Lipinski definition) is 1. The molecule has 0 radical (unpaired) electrons. The van der Waals surface area contributed by atoms with Gasteiger partial charge in [-0.15, -0.1) is 11.3 Å². The number of hydrogen-bond acceptors (Lipinski definition) is 7. The van der Waals surface area contributed by atoms with Crippen LogP contribution in [0.2, 0.25) is 0 Å². The van der Waals surface area contributed by atoms with Crippen LogP contribution in [0.5, 0.6) is 17.2 Å². The fraction of sp³-hybridized carbons (Fsp3) is 0.333. The van der Waals surface area contributed by atoms with Gasteiger partial charge in [0.05, 0.1) is 6.54 Å². The van der Waals surface area contributed by atoms with Crippen LogP contribution in [0, 0.1) is 5.92 Å². The highest BCUT2D eigenvalue weighted by Crippen LogP contribution is 2.33. The van der Waals surface area contributed by atoms with Gasteiger partial charge in [-0.1, -0.05) is 62.4 Å². The second kappa shape index (κ2) is 13.7. The van der Waals surface area contributed by atoms with E-state index in [-0.39, 0.29) is 18.7 Å². The van der Waals surface area contributed by atoms with E-state index in [2.05, 4.69) is 54.4 Å². The molecule has 0 aliphatic carbocycles. The van der Waals surface area contributed by atoms with Crippen molar-refractivity contribution in [3.05, 3.63) is 106 Å². The van der Waals surface area contributed by atoms with Crippen molar-refractivity contribution in [1.82, 2.24) is 15.2 Å². The maximum absolute atomic E-state index is 12.8. The van der Waals surface area contributed by atoms with E-state index in [0.717, 1.165) is 45.4 Å². The van der Waals surface area contributed by atoms with Gasteiger partial charge in [0.2, 0.25) is 6.79 Å². The monoisotopic (exact) mass is 571 g/mol. The Morgan fingerprint density at radius 1 is 0.927 bits per heavy atom. The van der Waals surface area contributed by atoms with Crippen LogP contribution in [0.15, 0.2) is 78.2 Å². The highest BCUT2D eigenvalue weighted by molar-refractivity contribution is 7.09. The number of aromatic nitrogens is 1. The van der Waals surface area contributed by atoms with Crippen LogP contribution in [-0.2, 0) is 26.2 Å². The van der Waals surface area contributed by atoms with E-state index in [1.54, 1.807) is 0 Å². The predicted molar refractivity (Wildman–Crippen MR) is 161 cm³/mol. The minimum atomic E-state index is -0.117. The molecule has 1 amide bonds. The summed E-state index contributed by atoms with van der Waals surface area (Å²) < 4.78 is 17.1. The van der Waals surface area contributed by atoms with E-state index in [9.17, 15) is 4.79 Å². The molecule has 41 heavy (non-hydrogen) atoms. The van der Waals surface area contributed by atoms with E-state index in [0.29, 0.717) is 37.9 Å². The summed E-state index contributed by atoms with van der Waals surface area (Å²) in [6.45, 7) is 9.15. The van der Waals surface area contributed by atoms with Crippen molar-refractivity contribution in [3.8, 4) is 17.2 Å². The van der Waals surface area contributed by atoms with Crippen molar-refractivity contribution >= 4 is 17.2 Å². The lowest BCUT2D eigenvalue weighted by Crippen LogP contribution is -2.33. The summed E-state index contributed by atoms with van der Waals surface area (Å²) in [5, 5.41) is 5.83. The summed E-state index contributed by atoms with van der Waals surface area (Å²) in [4.78, 5) is 19.8. The maximum atomic E-state index is 12.8. The predicted octanol–water partition coefficient (Wildman–Crippen LogP) is 6.82. The maximum Gasteiger partial charge on any atom is 0.270 e. The summed E-state index contributed by atoms with van der Waals surface area (Å²) in [7, 11) is 0. The molecule has 2 heterocycles. The Kier molecular flexibility index (Phi) is 9.54. The molecule has 1 aromatic heterocycles. The molecule has 4 aromatic rings. The first-order valence-electron chi connectivity index (χ1n) is 14.0. The van der Waals surface area contributed by atoms with Gasteiger partial charge >= 0.3 is 0 Å². The van der Waals surface area contributed by atoms with Crippen molar-refractivity contribution in [2.45, 2.75) is 59.5 Å². The number of amides is 1. The molecule has 7 nitrogen and oxygen atoms in total. The normalized spacial score (nSPS) is 13.0. The highest BCUT2D eigenvalue weighted by Gasteiger charge is 2.18. The smallest absolute Gasteiger partial charge is 0.270 e.